The third kappa shape index (κ3) is 6.40. The van der Waals surface area contributed by atoms with Crippen molar-refractivity contribution in [2.45, 2.75) is 33.5 Å². The molecule has 0 radical (unpaired) electrons. The highest BCUT2D eigenvalue weighted by atomic mass is 35.5. The van der Waals surface area contributed by atoms with Crippen LogP contribution in [0.15, 0.2) is 60.7 Å². The molecule has 0 heterocycles. The Morgan fingerprint density at radius 3 is 2.14 bits per heavy atom. The van der Waals surface area contributed by atoms with Crippen LogP contribution in [0.3, 0.4) is 0 Å². The van der Waals surface area contributed by atoms with Gasteiger partial charge in [0.15, 0.2) is 11.5 Å². The fourth-order valence-corrected chi connectivity index (χ4v) is 3.23. The number of benzene rings is 3. The van der Waals surface area contributed by atoms with Crippen molar-refractivity contribution >= 4 is 23.2 Å². The first kappa shape index (κ1) is 21.5. The normalized spacial score (nSPS) is 10.8. The minimum atomic E-state index is 0.415. The molecule has 5 heteroatoms. The standard InChI is InChI=1S/C24H25Cl2NO2/c1-3-28-23-12-20(15-27-14-18-6-4-17(2)5-7-18)22(26)13-24(23)29-16-19-8-10-21(25)11-9-19/h4-13,27H,3,14-16H2,1-2H3. The molecule has 3 aromatic rings. The number of hydrogen-bond acceptors (Lipinski definition) is 3. The van der Waals surface area contributed by atoms with Crippen molar-refractivity contribution < 1.29 is 9.47 Å². The van der Waals surface area contributed by atoms with Crippen LogP contribution in [0.1, 0.15) is 29.2 Å². The van der Waals surface area contributed by atoms with Crippen LogP contribution in [-0.2, 0) is 19.7 Å². The van der Waals surface area contributed by atoms with E-state index in [0.29, 0.717) is 41.3 Å². The Bertz CT molecular complexity index is 925. The Hall–Kier alpha value is -2.20. The molecule has 0 fully saturated rings. The molecular weight excluding hydrogens is 405 g/mol. The number of halogens is 2. The largest absolute Gasteiger partial charge is 0.490 e. The van der Waals surface area contributed by atoms with E-state index >= 15 is 0 Å². The maximum atomic E-state index is 6.51. The van der Waals surface area contributed by atoms with Crippen LogP contribution >= 0.6 is 23.2 Å². The fourth-order valence-electron chi connectivity index (χ4n) is 2.88. The van der Waals surface area contributed by atoms with Gasteiger partial charge < -0.3 is 14.8 Å². The monoisotopic (exact) mass is 429 g/mol. The first-order chi connectivity index (χ1) is 14.0. The molecule has 3 aromatic carbocycles. The lowest BCUT2D eigenvalue weighted by Gasteiger charge is -2.15. The third-order valence-electron chi connectivity index (χ3n) is 4.49. The van der Waals surface area contributed by atoms with Crippen LogP contribution < -0.4 is 14.8 Å². The minimum Gasteiger partial charge on any atom is -0.490 e. The molecule has 0 unspecified atom stereocenters. The molecule has 0 amide bonds. The van der Waals surface area contributed by atoms with E-state index < -0.39 is 0 Å². The molecule has 0 saturated heterocycles. The average molecular weight is 430 g/mol. The van der Waals surface area contributed by atoms with Crippen molar-refractivity contribution in [2.24, 2.45) is 0 Å². The molecule has 152 valence electrons. The predicted octanol–water partition coefficient (Wildman–Crippen LogP) is 6.57. The maximum absolute atomic E-state index is 6.51. The number of aryl methyl sites for hydroxylation is 1. The number of rotatable bonds is 9. The summed E-state index contributed by atoms with van der Waals surface area (Å²) in [6, 6.07) is 19.8. The highest BCUT2D eigenvalue weighted by Crippen LogP contribution is 2.34. The van der Waals surface area contributed by atoms with Crippen LogP contribution in [0, 0.1) is 6.92 Å². The predicted molar refractivity (Wildman–Crippen MR) is 120 cm³/mol. The molecule has 3 rings (SSSR count). The van der Waals surface area contributed by atoms with Crippen LogP contribution in [-0.4, -0.2) is 6.61 Å². The molecule has 0 aliphatic rings. The Labute approximate surface area is 182 Å². The van der Waals surface area contributed by atoms with Gasteiger partial charge >= 0.3 is 0 Å². The van der Waals surface area contributed by atoms with Crippen molar-refractivity contribution in [1.82, 2.24) is 5.32 Å². The van der Waals surface area contributed by atoms with E-state index in [-0.39, 0.29) is 0 Å². The fraction of sp³-hybridized carbons (Fsp3) is 0.250. The second kappa shape index (κ2) is 10.5. The average Bonchev–Trinajstić information content (AvgIpc) is 2.72. The molecule has 0 aromatic heterocycles. The maximum Gasteiger partial charge on any atom is 0.163 e. The van der Waals surface area contributed by atoms with E-state index in [1.54, 1.807) is 0 Å². The van der Waals surface area contributed by atoms with E-state index in [4.69, 9.17) is 32.7 Å². The lowest BCUT2D eigenvalue weighted by molar-refractivity contribution is 0.269. The first-order valence-electron chi connectivity index (χ1n) is 9.64. The molecule has 3 nitrogen and oxygen atoms in total. The van der Waals surface area contributed by atoms with Gasteiger partial charge in [-0.25, -0.2) is 0 Å². The highest BCUT2D eigenvalue weighted by molar-refractivity contribution is 6.31. The minimum absolute atomic E-state index is 0.415. The lowest BCUT2D eigenvalue weighted by Crippen LogP contribution is -2.13. The Kier molecular flexibility index (Phi) is 7.82. The van der Waals surface area contributed by atoms with Crippen LogP contribution in [0.25, 0.3) is 0 Å². The quantitative estimate of drug-likeness (QED) is 0.417. The summed E-state index contributed by atoms with van der Waals surface area (Å²) in [5, 5.41) is 4.79. The van der Waals surface area contributed by atoms with Gasteiger partial charge in [0, 0.05) is 29.2 Å². The molecule has 0 spiro atoms. The van der Waals surface area contributed by atoms with Gasteiger partial charge in [-0.15, -0.1) is 0 Å². The van der Waals surface area contributed by atoms with Gasteiger partial charge in [-0.3, -0.25) is 0 Å². The van der Waals surface area contributed by atoms with E-state index in [2.05, 4.69) is 36.5 Å². The van der Waals surface area contributed by atoms with Gasteiger partial charge in [0.2, 0.25) is 0 Å². The second-order valence-corrected chi connectivity index (χ2v) is 7.67. The van der Waals surface area contributed by atoms with E-state index in [9.17, 15) is 0 Å². The zero-order chi connectivity index (χ0) is 20.6. The molecule has 0 atom stereocenters. The SMILES string of the molecule is CCOc1cc(CNCc2ccc(C)cc2)c(Cl)cc1OCc1ccc(Cl)cc1. The summed E-state index contributed by atoms with van der Waals surface area (Å²) in [7, 11) is 0. The van der Waals surface area contributed by atoms with Gasteiger partial charge in [-0.1, -0.05) is 65.2 Å². The van der Waals surface area contributed by atoms with Crippen LogP contribution in [0.2, 0.25) is 10.0 Å². The molecule has 0 saturated carbocycles. The molecular formula is C24H25Cl2NO2. The Morgan fingerprint density at radius 2 is 1.45 bits per heavy atom. The summed E-state index contributed by atoms with van der Waals surface area (Å²) in [5.74, 6) is 1.33. The first-order valence-corrected chi connectivity index (χ1v) is 10.4. The van der Waals surface area contributed by atoms with Crippen molar-refractivity contribution in [3.05, 3.63) is 93.0 Å². The number of ether oxygens (including phenoxy) is 2. The number of hydrogen-bond donors (Lipinski definition) is 1. The van der Waals surface area contributed by atoms with Gasteiger partial charge in [0.25, 0.3) is 0 Å². The summed E-state index contributed by atoms with van der Waals surface area (Å²) in [6.45, 7) is 6.42. The molecule has 0 aliphatic heterocycles. The zero-order valence-electron chi connectivity index (χ0n) is 16.7. The second-order valence-electron chi connectivity index (χ2n) is 6.83. The molecule has 0 aliphatic carbocycles. The summed E-state index contributed by atoms with van der Waals surface area (Å²) in [5.41, 5.74) is 4.49. The molecule has 1 N–H and O–H groups in total. The van der Waals surface area contributed by atoms with Gasteiger partial charge in [0.05, 0.1) is 6.61 Å². The van der Waals surface area contributed by atoms with E-state index in [1.807, 2.05) is 43.3 Å². The van der Waals surface area contributed by atoms with Gasteiger partial charge in [-0.05, 0) is 48.7 Å². The van der Waals surface area contributed by atoms with Gasteiger partial charge in [0.1, 0.15) is 6.61 Å². The van der Waals surface area contributed by atoms with Gasteiger partial charge in [-0.2, -0.15) is 0 Å². The zero-order valence-corrected chi connectivity index (χ0v) is 18.2. The Morgan fingerprint density at radius 1 is 0.793 bits per heavy atom. The number of nitrogens with one attached hydrogen (secondary N) is 1. The summed E-state index contributed by atoms with van der Waals surface area (Å²) >= 11 is 12.5. The Balaban J connectivity index is 1.66. The van der Waals surface area contributed by atoms with Crippen molar-refractivity contribution in [3.63, 3.8) is 0 Å². The molecule has 0 bridgehead atoms. The summed E-state index contributed by atoms with van der Waals surface area (Å²) < 4.78 is 11.7. The smallest absolute Gasteiger partial charge is 0.163 e. The molecule has 29 heavy (non-hydrogen) atoms. The van der Waals surface area contributed by atoms with E-state index in [1.165, 1.54) is 11.1 Å². The van der Waals surface area contributed by atoms with Crippen LogP contribution in [0.5, 0.6) is 11.5 Å². The van der Waals surface area contributed by atoms with Crippen molar-refractivity contribution in [1.29, 1.82) is 0 Å². The summed E-state index contributed by atoms with van der Waals surface area (Å²) in [4.78, 5) is 0. The van der Waals surface area contributed by atoms with Crippen molar-refractivity contribution in [2.75, 3.05) is 6.61 Å². The topological polar surface area (TPSA) is 30.5 Å². The van der Waals surface area contributed by atoms with E-state index in [0.717, 1.165) is 17.7 Å². The highest BCUT2D eigenvalue weighted by Gasteiger charge is 2.12. The third-order valence-corrected chi connectivity index (χ3v) is 5.09. The van der Waals surface area contributed by atoms with Crippen molar-refractivity contribution in [3.8, 4) is 11.5 Å². The van der Waals surface area contributed by atoms with Crippen LogP contribution in [0.4, 0.5) is 0 Å². The lowest BCUT2D eigenvalue weighted by atomic mass is 10.1. The summed E-state index contributed by atoms with van der Waals surface area (Å²) in [6.07, 6.45) is 0.